The number of carbonyl (C=O) groups is 2. The molecule has 12 atom stereocenters. The molecule has 10 heteroatoms. The van der Waals surface area contributed by atoms with E-state index in [1.54, 1.807) is 24.3 Å². The van der Waals surface area contributed by atoms with Crippen LogP contribution in [0.3, 0.4) is 0 Å². The van der Waals surface area contributed by atoms with E-state index in [-0.39, 0.29) is 60.2 Å². The highest BCUT2D eigenvalue weighted by Gasteiger charge is 2.65. The zero-order valence-electron chi connectivity index (χ0n) is 29.7. The Kier molecular flexibility index (Phi) is 13.0. The maximum absolute atomic E-state index is 11.5. The summed E-state index contributed by atoms with van der Waals surface area (Å²) >= 11 is 0. The van der Waals surface area contributed by atoms with Crippen molar-refractivity contribution < 1.29 is 39.9 Å². The molecule has 4 aliphatic rings. The lowest BCUT2D eigenvalue weighted by Crippen LogP contribution is -2.62. The van der Waals surface area contributed by atoms with Crippen LogP contribution in [0.5, 0.6) is 5.75 Å². The van der Waals surface area contributed by atoms with E-state index in [0.717, 1.165) is 50.5 Å². The molecule has 0 aromatic heterocycles. The largest absolute Gasteiger partial charge is 0.491 e. The van der Waals surface area contributed by atoms with Crippen molar-refractivity contribution in [2.75, 3.05) is 13.2 Å². The first-order valence-electron chi connectivity index (χ1n) is 18.2. The number of amides is 1. The fourth-order valence-corrected chi connectivity index (χ4v) is 10.2. The number of aliphatic hydroxyl groups excluding tert-OH is 4. The predicted octanol–water partition coefficient (Wildman–Crippen LogP) is 3.90. The highest BCUT2D eigenvalue weighted by atomic mass is 16.5. The molecule has 0 aliphatic heterocycles. The molecule has 0 radical (unpaired) electrons. The number of hydrogen-bond donors (Lipinski definition) is 7. The molecular formula is C38H62N2O8. The van der Waals surface area contributed by atoms with Crippen molar-refractivity contribution in [3.63, 3.8) is 0 Å². The summed E-state index contributed by atoms with van der Waals surface area (Å²) in [6.45, 7) is 11.5. The first kappa shape index (κ1) is 38.6. The number of nitrogens with one attached hydrogen (secondary N) is 1. The summed E-state index contributed by atoms with van der Waals surface area (Å²) in [5, 5.41) is 54.8. The molecule has 272 valence electrons. The number of primary amides is 1. The van der Waals surface area contributed by atoms with Crippen molar-refractivity contribution in [1.82, 2.24) is 5.32 Å². The second kappa shape index (κ2) is 16.2. The lowest BCUT2D eigenvalue weighted by molar-refractivity contribution is -0.207. The Labute approximate surface area is 286 Å². The second-order valence-electron chi connectivity index (χ2n) is 16.3. The van der Waals surface area contributed by atoms with Crippen LogP contribution < -0.4 is 15.8 Å². The molecule has 10 nitrogen and oxygen atoms in total. The van der Waals surface area contributed by atoms with Crippen LogP contribution in [0.1, 0.15) is 98.0 Å². The lowest BCUT2D eigenvalue weighted by atomic mass is 9.43. The minimum Gasteiger partial charge on any atom is -0.491 e. The topological polar surface area (TPSA) is 183 Å². The van der Waals surface area contributed by atoms with Crippen LogP contribution in [-0.4, -0.2) is 81.0 Å². The number of fused-ring (bicyclic) bond motifs is 5. The maximum Gasteiger partial charge on any atom is 0.303 e. The number of aliphatic carboxylic acids is 1. The van der Waals surface area contributed by atoms with E-state index < -0.39 is 18.2 Å². The van der Waals surface area contributed by atoms with E-state index in [2.05, 4.69) is 26.1 Å². The summed E-state index contributed by atoms with van der Waals surface area (Å²) in [4.78, 5) is 21.8. The molecule has 5 rings (SSSR count). The summed E-state index contributed by atoms with van der Waals surface area (Å²) in [6.07, 6.45) is 5.67. The van der Waals surface area contributed by atoms with Gasteiger partial charge >= 0.3 is 5.97 Å². The van der Waals surface area contributed by atoms with Crippen molar-refractivity contribution in [2.24, 2.45) is 52.1 Å². The molecule has 1 aromatic rings. The molecule has 1 amide bonds. The summed E-state index contributed by atoms with van der Waals surface area (Å²) in [5.41, 5.74) is 5.81. The molecular weight excluding hydrogens is 612 g/mol. The third kappa shape index (κ3) is 8.73. The molecule has 1 unspecified atom stereocenters. The Morgan fingerprint density at radius 1 is 1.00 bits per heavy atom. The van der Waals surface area contributed by atoms with Gasteiger partial charge in [-0.05, 0) is 115 Å². The van der Waals surface area contributed by atoms with Gasteiger partial charge in [0.25, 0.3) is 0 Å². The SMILES string of the molecule is CC(C)NCC(O)COc1ccc(CC(N)=O)cc1.C[C@H](CCC(=O)O)[C@H]1CC[C@H]2[C@@H]3[C@H](O)C[C@@H]4C[C@H](O)CC[C@]4(C)[C@H]3C[C@H](O)[C@]12C. The van der Waals surface area contributed by atoms with E-state index in [9.17, 15) is 30.0 Å². The molecule has 0 saturated heterocycles. The summed E-state index contributed by atoms with van der Waals surface area (Å²) in [7, 11) is 0. The fraction of sp³-hybridized carbons (Fsp3) is 0.789. The van der Waals surface area contributed by atoms with E-state index >= 15 is 0 Å². The Balaban J connectivity index is 0.000000239. The number of carboxylic acids is 1. The van der Waals surface area contributed by atoms with Gasteiger partial charge in [0.1, 0.15) is 18.5 Å². The first-order valence-corrected chi connectivity index (χ1v) is 18.2. The fourth-order valence-electron chi connectivity index (χ4n) is 10.2. The van der Waals surface area contributed by atoms with Crippen LogP contribution in [-0.2, 0) is 16.0 Å². The van der Waals surface area contributed by atoms with Crippen molar-refractivity contribution in [1.29, 1.82) is 0 Å². The standard InChI is InChI=1S/C24H40O5.C14H22N2O3/c1-13(4-7-21(28)29)16-5-6-17-22-18(12-20(27)24(16,17)3)23(2)9-8-15(25)10-14(23)11-19(22)26;1-10(2)16-8-12(17)9-19-13-5-3-11(4-6-13)7-14(15)18/h13-20,22,25-27H,4-12H2,1-3H3,(H,28,29);3-6,10,12,16-17H,7-9H2,1-2H3,(H2,15,18)/t13-,14+,15-,16-,17+,18+,19-,20+,22+,23+,24-;/m1./s1. The molecule has 1 aromatic carbocycles. The molecule has 0 spiro atoms. The highest BCUT2D eigenvalue weighted by molar-refractivity contribution is 5.76. The number of nitrogens with two attached hydrogens (primary N) is 1. The molecule has 4 aliphatic carbocycles. The van der Waals surface area contributed by atoms with Crippen molar-refractivity contribution >= 4 is 11.9 Å². The van der Waals surface area contributed by atoms with Crippen LogP contribution in [0, 0.1) is 46.3 Å². The van der Waals surface area contributed by atoms with Crippen molar-refractivity contribution in [3.05, 3.63) is 29.8 Å². The maximum atomic E-state index is 11.5. The second-order valence-corrected chi connectivity index (χ2v) is 16.3. The van der Waals surface area contributed by atoms with Gasteiger partial charge in [0.2, 0.25) is 5.91 Å². The van der Waals surface area contributed by atoms with Gasteiger partial charge in [-0.1, -0.05) is 46.8 Å². The minimum absolute atomic E-state index is 0.0957. The average molecular weight is 675 g/mol. The lowest BCUT2D eigenvalue weighted by Gasteiger charge is -2.63. The molecule has 0 heterocycles. The van der Waals surface area contributed by atoms with E-state index in [1.807, 2.05) is 13.8 Å². The first-order chi connectivity index (χ1) is 22.6. The number of aliphatic hydroxyl groups is 4. The van der Waals surface area contributed by atoms with E-state index in [4.69, 9.17) is 15.6 Å². The minimum atomic E-state index is -0.748. The molecule has 4 fully saturated rings. The number of hydrogen-bond acceptors (Lipinski definition) is 8. The zero-order chi connectivity index (χ0) is 35.4. The van der Waals surface area contributed by atoms with Gasteiger partial charge < -0.3 is 41.3 Å². The van der Waals surface area contributed by atoms with Gasteiger partial charge in [-0.15, -0.1) is 0 Å². The average Bonchev–Trinajstić information content (AvgIpc) is 3.38. The van der Waals surface area contributed by atoms with Crippen molar-refractivity contribution in [3.8, 4) is 5.75 Å². The van der Waals surface area contributed by atoms with E-state index in [0.29, 0.717) is 48.4 Å². The van der Waals surface area contributed by atoms with Crippen LogP contribution in [0.4, 0.5) is 0 Å². The van der Waals surface area contributed by atoms with Gasteiger partial charge in [0.15, 0.2) is 0 Å². The predicted molar refractivity (Wildman–Crippen MR) is 184 cm³/mol. The van der Waals surface area contributed by atoms with Gasteiger partial charge in [0, 0.05) is 19.0 Å². The number of rotatable bonds is 12. The van der Waals surface area contributed by atoms with Crippen LogP contribution in [0.2, 0.25) is 0 Å². The number of carboxylic acid groups (broad SMARTS) is 1. The highest BCUT2D eigenvalue weighted by Crippen LogP contribution is 2.68. The number of benzene rings is 1. The van der Waals surface area contributed by atoms with Crippen molar-refractivity contribution in [2.45, 2.75) is 129 Å². The third-order valence-electron chi connectivity index (χ3n) is 12.8. The Morgan fingerprint density at radius 2 is 1.69 bits per heavy atom. The third-order valence-corrected chi connectivity index (χ3v) is 12.8. The van der Waals surface area contributed by atoms with E-state index in [1.165, 1.54) is 0 Å². The number of carbonyl (C=O) groups excluding carboxylic acids is 1. The molecule has 0 bridgehead atoms. The Hall–Kier alpha value is -2.24. The molecule has 8 N–H and O–H groups in total. The Bertz CT molecular complexity index is 1210. The summed E-state index contributed by atoms with van der Waals surface area (Å²) in [5.74, 6) is 1.30. The molecule has 4 saturated carbocycles. The van der Waals surface area contributed by atoms with Crippen LogP contribution >= 0.6 is 0 Å². The van der Waals surface area contributed by atoms with Crippen LogP contribution in [0.25, 0.3) is 0 Å². The van der Waals surface area contributed by atoms with Gasteiger partial charge in [-0.3, -0.25) is 9.59 Å². The number of ether oxygens (including phenoxy) is 1. The molecule has 48 heavy (non-hydrogen) atoms. The smallest absolute Gasteiger partial charge is 0.303 e. The van der Waals surface area contributed by atoms with Gasteiger partial charge in [0.05, 0.1) is 24.7 Å². The normalized spacial score (nSPS) is 36.9. The summed E-state index contributed by atoms with van der Waals surface area (Å²) in [6, 6.07) is 7.45. The Morgan fingerprint density at radius 3 is 2.31 bits per heavy atom. The zero-order valence-corrected chi connectivity index (χ0v) is 29.7. The quantitative estimate of drug-likeness (QED) is 0.173. The summed E-state index contributed by atoms with van der Waals surface area (Å²) < 4.78 is 5.45. The van der Waals surface area contributed by atoms with Gasteiger partial charge in [-0.2, -0.15) is 0 Å². The van der Waals surface area contributed by atoms with Crippen LogP contribution in [0.15, 0.2) is 24.3 Å². The monoisotopic (exact) mass is 674 g/mol. The van der Waals surface area contributed by atoms with Gasteiger partial charge in [-0.25, -0.2) is 0 Å².